The van der Waals surface area contributed by atoms with Crippen LogP contribution in [0, 0.1) is 12.8 Å². The van der Waals surface area contributed by atoms with Crippen LogP contribution in [0.4, 0.5) is 5.69 Å². The maximum atomic E-state index is 12.3. The number of benzene rings is 1. The molecular formula is C26H32N4O4. The highest BCUT2D eigenvalue weighted by Gasteiger charge is 2.23. The molecule has 4 rings (SSSR count). The highest BCUT2D eigenvalue weighted by molar-refractivity contribution is 5.96. The van der Waals surface area contributed by atoms with E-state index in [0.717, 1.165) is 25.9 Å². The minimum atomic E-state index is -1.16. The molecule has 0 atom stereocenters. The Kier molecular flexibility index (Phi) is 7.45. The van der Waals surface area contributed by atoms with Gasteiger partial charge in [0.1, 0.15) is 12.4 Å². The number of rotatable bonds is 7. The Labute approximate surface area is 199 Å². The molecule has 1 fully saturated rings. The van der Waals surface area contributed by atoms with Crippen LogP contribution in [0.1, 0.15) is 66.1 Å². The smallest absolute Gasteiger partial charge is 0.322 e. The lowest BCUT2D eigenvalue weighted by Gasteiger charge is -2.33. The first-order chi connectivity index (χ1) is 16.4. The number of piperidine rings is 1. The predicted octanol–water partition coefficient (Wildman–Crippen LogP) is 3.72. The van der Waals surface area contributed by atoms with Crippen LogP contribution in [0.5, 0.6) is 5.75 Å². The third-order valence-electron chi connectivity index (χ3n) is 6.70. The number of aryl methyl sites for hydroxylation is 1. The van der Waals surface area contributed by atoms with E-state index in [1.807, 2.05) is 0 Å². The lowest BCUT2D eigenvalue weighted by atomic mass is 9.92. The van der Waals surface area contributed by atoms with Gasteiger partial charge in [0.15, 0.2) is 11.4 Å². The Bertz CT molecular complexity index is 1070. The molecule has 1 saturated heterocycles. The summed E-state index contributed by atoms with van der Waals surface area (Å²) in [5.74, 6) is -1.31. The monoisotopic (exact) mass is 464 g/mol. The summed E-state index contributed by atoms with van der Waals surface area (Å²) in [6, 6.07) is 8.92. The molecule has 0 radical (unpaired) electrons. The Morgan fingerprint density at radius 2 is 1.85 bits per heavy atom. The number of amides is 1. The first-order valence-electron chi connectivity index (χ1n) is 12.0. The number of aromatic hydroxyl groups is 1. The molecule has 0 saturated carbocycles. The number of allylic oxidation sites excluding steroid dienone is 2. The van der Waals surface area contributed by atoms with Crippen molar-refractivity contribution in [3.63, 3.8) is 0 Å². The second-order valence-corrected chi connectivity index (χ2v) is 9.16. The molecule has 1 aliphatic heterocycles. The average Bonchev–Trinajstić information content (AvgIpc) is 2.86. The zero-order chi connectivity index (χ0) is 24.1. The third-order valence-corrected chi connectivity index (χ3v) is 6.70. The van der Waals surface area contributed by atoms with Crippen molar-refractivity contribution in [1.82, 2.24) is 15.3 Å². The number of anilines is 1. The molecule has 1 amide bonds. The summed E-state index contributed by atoms with van der Waals surface area (Å²) in [6.07, 6.45) is 9.88. The summed E-state index contributed by atoms with van der Waals surface area (Å²) in [4.78, 5) is 34.0. The van der Waals surface area contributed by atoms with Crippen molar-refractivity contribution in [2.75, 3.05) is 24.5 Å². The van der Waals surface area contributed by atoms with E-state index in [9.17, 15) is 14.7 Å². The maximum absolute atomic E-state index is 12.3. The standard InChI is InChI=1S/C26H32N4O4/c1-17-25(33)24(26(34)27-16-23(31)32)29-22(28-17)15-18-11-13-30(14-12-18)21-9-7-20(8-10-21)19-5-3-2-4-6-19/h5,7-10,18,33H,2-4,6,11-16H2,1H3,(H,27,34)(H,31,32). The number of hydrogen-bond acceptors (Lipinski definition) is 6. The van der Waals surface area contributed by atoms with Crippen molar-refractivity contribution in [3.05, 3.63) is 53.1 Å². The van der Waals surface area contributed by atoms with Crippen LogP contribution < -0.4 is 10.2 Å². The Hall–Kier alpha value is -3.42. The number of nitrogens with one attached hydrogen (secondary N) is 1. The van der Waals surface area contributed by atoms with Crippen molar-refractivity contribution in [3.8, 4) is 5.75 Å². The van der Waals surface area contributed by atoms with Crippen LogP contribution in [0.15, 0.2) is 30.3 Å². The molecule has 0 bridgehead atoms. The number of aromatic nitrogens is 2. The largest absolute Gasteiger partial charge is 0.504 e. The number of aliphatic carboxylic acids is 1. The molecular weight excluding hydrogens is 432 g/mol. The SMILES string of the molecule is Cc1nc(CC2CCN(c3ccc(C4=CCCCC4)cc3)CC2)nc(C(=O)NCC(=O)O)c1O. The van der Waals surface area contributed by atoms with E-state index in [2.05, 4.69) is 50.5 Å². The summed E-state index contributed by atoms with van der Waals surface area (Å²) >= 11 is 0. The summed E-state index contributed by atoms with van der Waals surface area (Å²) < 4.78 is 0. The van der Waals surface area contributed by atoms with Gasteiger partial charge in [-0.25, -0.2) is 9.97 Å². The van der Waals surface area contributed by atoms with Crippen molar-refractivity contribution < 1.29 is 19.8 Å². The van der Waals surface area contributed by atoms with Crippen LogP contribution in [0.25, 0.3) is 5.57 Å². The topological polar surface area (TPSA) is 116 Å². The van der Waals surface area contributed by atoms with Gasteiger partial charge in [-0.1, -0.05) is 18.2 Å². The molecule has 0 spiro atoms. The fraction of sp³-hybridized carbons (Fsp3) is 0.462. The quantitative estimate of drug-likeness (QED) is 0.572. The number of carboxylic acid groups (broad SMARTS) is 1. The van der Waals surface area contributed by atoms with E-state index in [4.69, 9.17) is 5.11 Å². The second kappa shape index (κ2) is 10.7. The van der Waals surface area contributed by atoms with Gasteiger partial charge in [0.25, 0.3) is 5.91 Å². The van der Waals surface area contributed by atoms with Crippen LogP contribution in [-0.4, -0.2) is 51.7 Å². The van der Waals surface area contributed by atoms with Crippen LogP contribution >= 0.6 is 0 Å². The summed E-state index contributed by atoms with van der Waals surface area (Å²) in [5.41, 5.74) is 4.19. The van der Waals surface area contributed by atoms with Gasteiger partial charge in [-0.3, -0.25) is 9.59 Å². The normalized spacial score (nSPS) is 16.7. The van der Waals surface area contributed by atoms with E-state index in [0.29, 0.717) is 23.9 Å². The van der Waals surface area contributed by atoms with Gasteiger partial charge in [0, 0.05) is 25.2 Å². The van der Waals surface area contributed by atoms with Crippen molar-refractivity contribution in [1.29, 1.82) is 0 Å². The molecule has 8 nitrogen and oxygen atoms in total. The first-order valence-corrected chi connectivity index (χ1v) is 12.0. The van der Waals surface area contributed by atoms with E-state index in [1.165, 1.54) is 42.5 Å². The molecule has 8 heteroatoms. The first kappa shape index (κ1) is 23.7. The molecule has 2 heterocycles. The summed E-state index contributed by atoms with van der Waals surface area (Å²) in [7, 11) is 0. The van der Waals surface area contributed by atoms with Crippen LogP contribution in [0.3, 0.4) is 0 Å². The number of hydrogen-bond donors (Lipinski definition) is 3. The van der Waals surface area contributed by atoms with E-state index in [-0.39, 0.29) is 11.4 Å². The molecule has 0 unspecified atom stereocenters. The van der Waals surface area contributed by atoms with Crippen LogP contribution in [-0.2, 0) is 11.2 Å². The number of carboxylic acids is 1. The van der Waals surface area contributed by atoms with Gasteiger partial charge in [-0.15, -0.1) is 0 Å². The van der Waals surface area contributed by atoms with Crippen molar-refractivity contribution in [2.24, 2.45) is 5.92 Å². The van der Waals surface area contributed by atoms with Crippen LogP contribution in [0.2, 0.25) is 0 Å². The Morgan fingerprint density at radius 1 is 1.12 bits per heavy atom. The Balaban J connectivity index is 1.35. The molecule has 1 aliphatic carbocycles. The molecule has 1 aromatic heterocycles. The zero-order valence-corrected chi connectivity index (χ0v) is 19.6. The molecule has 3 N–H and O–H groups in total. The molecule has 2 aliphatic rings. The van der Waals surface area contributed by atoms with Gasteiger partial charge in [0.05, 0.1) is 5.69 Å². The Morgan fingerprint density at radius 3 is 2.50 bits per heavy atom. The fourth-order valence-corrected chi connectivity index (χ4v) is 4.75. The molecule has 2 aromatic rings. The average molecular weight is 465 g/mol. The lowest BCUT2D eigenvalue weighted by Crippen LogP contribution is -2.34. The van der Waals surface area contributed by atoms with Gasteiger partial charge >= 0.3 is 5.97 Å². The van der Waals surface area contributed by atoms with E-state index >= 15 is 0 Å². The highest BCUT2D eigenvalue weighted by Crippen LogP contribution is 2.30. The van der Waals surface area contributed by atoms with Gasteiger partial charge < -0.3 is 20.4 Å². The van der Waals surface area contributed by atoms with E-state index < -0.39 is 18.4 Å². The van der Waals surface area contributed by atoms with Crippen molar-refractivity contribution in [2.45, 2.75) is 51.9 Å². The fourth-order valence-electron chi connectivity index (χ4n) is 4.75. The minimum absolute atomic E-state index is 0.172. The zero-order valence-electron chi connectivity index (χ0n) is 19.6. The number of nitrogens with zero attached hydrogens (tertiary/aromatic N) is 3. The third kappa shape index (κ3) is 5.73. The van der Waals surface area contributed by atoms with Gasteiger partial charge in [0.2, 0.25) is 0 Å². The van der Waals surface area contributed by atoms with Crippen molar-refractivity contribution >= 4 is 23.1 Å². The molecule has 180 valence electrons. The molecule has 34 heavy (non-hydrogen) atoms. The number of carbonyl (C=O) groups excluding carboxylic acids is 1. The second-order valence-electron chi connectivity index (χ2n) is 9.16. The highest BCUT2D eigenvalue weighted by atomic mass is 16.4. The van der Waals surface area contributed by atoms with Gasteiger partial charge in [-0.2, -0.15) is 0 Å². The minimum Gasteiger partial charge on any atom is -0.504 e. The maximum Gasteiger partial charge on any atom is 0.322 e. The van der Waals surface area contributed by atoms with Gasteiger partial charge in [-0.05, 0) is 74.6 Å². The van der Waals surface area contributed by atoms with E-state index in [1.54, 1.807) is 6.92 Å². The summed E-state index contributed by atoms with van der Waals surface area (Å²) in [5, 5.41) is 21.2. The lowest BCUT2D eigenvalue weighted by molar-refractivity contribution is -0.135. The molecule has 1 aromatic carbocycles. The summed E-state index contributed by atoms with van der Waals surface area (Å²) in [6.45, 7) is 2.96. The number of carbonyl (C=O) groups is 2. The predicted molar refractivity (Wildman–Crippen MR) is 130 cm³/mol.